The minimum absolute atomic E-state index is 0.340. The Hall–Kier alpha value is -1.06. The summed E-state index contributed by atoms with van der Waals surface area (Å²) < 4.78 is 0. The molecule has 0 bridgehead atoms. The van der Waals surface area contributed by atoms with Gasteiger partial charge in [0, 0.05) is 0 Å². The first-order valence-corrected chi connectivity index (χ1v) is 5.39. The molecule has 1 rings (SSSR count). The van der Waals surface area contributed by atoms with Crippen LogP contribution in [0.1, 0.15) is 46.0 Å². The summed E-state index contributed by atoms with van der Waals surface area (Å²) in [4.78, 5) is 15.0. The standard InChI is InChI=1S/C11H19NO3/c1-11(2)6-3-4-9(5-7-11)12-15-8-10(13)14/h3-8H2,1-2H3,(H,13,14)/b12-9+. The fourth-order valence-electron chi connectivity index (χ4n) is 1.77. The molecule has 0 radical (unpaired) electrons. The lowest BCUT2D eigenvalue weighted by molar-refractivity contribution is -0.142. The minimum atomic E-state index is -0.978. The number of carboxylic acid groups (broad SMARTS) is 1. The first kappa shape index (κ1) is 12.0. The van der Waals surface area contributed by atoms with E-state index in [1.807, 2.05) is 0 Å². The van der Waals surface area contributed by atoms with Gasteiger partial charge in [-0.3, -0.25) is 0 Å². The van der Waals surface area contributed by atoms with Crippen molar-refractivity contribution in [2.75, 3.05) is 6.61 Å². The van der Waals surface area contributed by atoms with Gasteiger partial charge >= 0.3 is 5.97 Å². The number of oxime groups is 1. The highest BCUT2D eigenvalue weighted by Gasteiger charge is 2.22. The molecule has 0 aliphatic heterocycles. The molecule has 0 unspecified atom stereocenters. The predicted octanol–water partition coefficient (Wildman–Crippen LogP) is 2.43. The topological polar surface area (TPSA) is 58.9 Å². The van der Waals surface area contributed by atoms with Gasteiger partial charge < -0.3 is 9.94 Å². The summed E-state index contributed by atoms with van der Waals surface area (Å²) in [6, 6.07) is 0. The van der Waals surface area contributed by atoms with E-state index in [-0.39, 0.29) is 6.61 Å². The number of hydrogen-bond donors (Lipinski definition) is 1. The Bertz CT molecular complexity index is 259. The smallest absolute Gasteiger partial charge is 0.344 e. The summed E-state index contributed by atoms with van der Waals surface area (Å²) >= 11 is 0. The molecule has 4 nitrogen and oxygen atoms in total. The third-order valence-electron chi connectivity index (χ3n) is 2.79. The molecule has 0 amide bonds. The normalized spacial score (nSPS) is 23.5. The number of aliphatic carboxylic acids is 1. The van der Waals surface area contributed by atoms with Gasteiger partial charge in [0.15, 0.2) is 0 Å². The molecule has 1 aliphatic rings. The van der Waals surface area contributed by atoms with Gasteiger partial charge in [-0.15, -0.1) is 0 Å². The Balaban J connectivity index is 2.40. The second-order valence-corrected chi connectivity index (χ2v) is 4.84. The lowest BCUT2D eigenvalue weighted by Gasteiger charge is -2.20. The van der Waals surface area contributed by atoms with Crippen molar-refractivity contribution in [1.82, 2.24) is 0 Å². The second kappa shape index (κ2) is 5.14. The van der Waals surface area contributed by atoms with Crippen molar-refractivity contribution in [2.24, 2.45) is 10.6 Å². The summed E-state index contributed by atoms with van der Waals surface area (Å²) in [5.74, 6) is -0.978. The van der Waals surface area contributed by atoms with Crippen molar-refractivity contribution in [3.05, 3.63) is 0 Å². The molecule has 0 saturated heterocycles. The molecule has 0 heterocycles. The van der Waals surface area contributed by atoms with Crippen molar-refractivity contribution in [3.63, 3.8) is 0 Å². The number of hydrogen-bond acceptors (Lipinski definition) is 3. The van der Waals surface area contributed by atoms with Crippen LogP contribution in [0, 0.1) is 5.41 Å². The Labute approximate surface area is 90.3 Å². The molecule has 0 aromatic rings. The van der Waals surface area contributed by atoms with Gasteiger partial charge in [0.1, 0.15) is 0 Å². The van der Waals surface area contributed by atoms with Crippen LogP contribution in [0.3, 0.4) is 0 Å². The van der Waals surface area contributed by atoms with Gasteiger partial charge in [-0.1, -0.05) is 19.0 Å². The molecule has 0 aromatic carbocycles. The van der Waals surface area contributed by atoms with Crippen LogP contribution >= 0.6 is 0 Å². The lowest BCUT2D eigenvalue weighted by Crippen LogP contribution is -2.09. The number of rotatable bonds is 3. The molecule has 4 heteroatoms. The predicted molar refractivity (Wildman–Crippen MR) is 57.9 cm³/mol. The van der Waals surface area contributed by atoms with E-state index in [2.05, 4.69) is 19.0 Å². The summed E-state index contributed by atoms with van der Waals surface area (Å²) in [7, 11) is 0. The fourth-order valence-corrected chi connectivity index (χ4v) is 1.77. The van der Waals surface area contributed by atoms with Crippen LogP contribution in [-0.4, -0.2) is 23.4 Å². The molecule has 1 fully saturated rings. The highest BCUT2D eigenvalue weighted by molar-refractivity contribution is 5.84. The second-order valence-electron chi connectivity index (χ2n) is 4.84. The molecule has 1 saturated carbocycles. The van der Waals surface area contributed by atoms with Crippen LogP contribution in [0.4, 0.5) is 0 Å². The Morgan fingerprint density at radius 1 is 1.47 bits per heavy atom. The van der Waals surface area contributed by atoms with Crippen LogP contribution < -0.4 is 0 Å². The van der Waals surface area contributed by atoms with Crippen LogP contribution in [0.2, 0.25) is 0 Å². The van der Waals surface area contributed by atoms with Gasteiger partial charge in [-0.2, -0.15) is 0 Å². The first-order chi connectivity index (χ1) is 6.99. The molecule has 1 N–H and O–H groups in total. The molecule has 15 heavy (non-hydrogen) atoms. The van der Waals surface area contributed by atoms with Gasteiger partial charge in [0.2, 0.25) is 6.61 Å². The fraction of sp³-hybridized carbons (Fsp3) is 0.818. The van der Waals surface area contributed by atoms with Crippen LogP contribution in [0.5, 0.6) is 0 Å². The number of carboxylic acids is 1. The van der Waals surface area contributed by atoms with E-state index in [1.54, 1.807) is 0 Å². The van der Waals surface area contributed by atoms with Crippen molar-refractivity contribution < 1.29 is 14.7 Å². The zero-order chi connectivity index (χ0) is 11.3. The van der Waals surface area contributed by atoms with Crippen molar-refractivity contribution >= 4 is 11.7 Å². The number of nitrogens with zero attached hydrogens (tertiary/aromatic N) is 1. The average molecular weight is 213 g/mol. The molecule has 0 atom stereocenters. The molecule has 1 aliphatic carbocycles. The number of carbonyl (C=O) groups is 1. The Morgan fingerprint density at radius 2 is 2.20 bits per heavy atom. The molecule has 0 spiro atoms. The maximum absolute atomic E-state index is 10.2. The maximum Gasteiger partial charge on any atom is 0.344 e. The summed E-state index contributed by atoms with van der Waals surface area (Å²) in [6.07, 6.45) is 5.27. The lowest BCUT2D eigenvalue weighted by atomic mass is 9.85. The van der Waals surface area contributed by atoms with Crippen LogP contribution in [0.15, 0.2) is 5.16 Å². The monoisotopic (exact) mass is 213 g/mol. The van der Waals surface area contributed by atoms with E-state index in [4.69, 9.17) is 9.94 Å². The quantitative estimate of drug-likeness (QED) is 0.578. The summed E-state index contributed by atoms with van der Waals surface area (Å²) in [5.41, 5.74) is 1.38. The van der Waals surface area contributed by atoms with Gasteiger partial charge in [-0.25, -0.2) is 4.79 Å². The van der Waals surface area contributed by atoms with Crippen molar-refractivity contribution in [2.45, 2.75) is 46.0 Å². The Kier molecular flexibility index (Phi) is 4.12. The van der Waals surface area contributed by atoms with Crippen molar-refractivity contribution in [1.29, 1.82) is 0 Å². The molecular formula is C11H19NO3. The van der Waals surface area contributed by atoms with E-state index >= 15 is 0 Å². The highest BCUT2D eigenvalue weighted by atomic mass is 16.6. The summed E-state index contributed by atoms with van der Waals surface area (Å²) in [5, 5.41) is 12.3. The van der Waals surface area contributed by atoms with Gasteiger partial charge in [-0.05, 0) is 37.5 Å². The largest absolute Gasteiger partial charge is 0.479 e. The average Bonchev–Trinajstić information content (AvgIpc) is 2.27. The van der Waals surface area contributed by atoms with Crippen LogP contribution in [0.25, 0.3) is 0 Å². The van der Waals surface area contributed by atoms with Gasteiger partial charge in [0.25, 0.3) is 0 Å². The SMILES string of the molecule is CC1(C)CCC/C(=N\OCC(=O)O)CC1. The molecule has 0 aromatic heterocycles. The van der Waals surface area contributed by atoms with E-state index < -0.39 is 5.97 Å². The van der Waals surface area contributed by atoms with Gasteiger partial charge in [0.05, 0.1) is 5.71 Å². The van der Waals surface area contributed by atoms with E-state index in [9.17, 15) is 4.79 Å². The van der Waals surface area contributed by atoms with E-state index in [0.717, 1.165) is 31.4 Å². The third kappa shape index (κ3) is 4.81. The first-order valence-electron chi connectivity index (χ1n) is 5.39. The molecular weight excluding hydrogens is 194 g/mol. The summed E-state index contributed by atoms with van der Waals surface area (Å²) in [6.45, 7) is 4.18. The third-order valence-corrected chi connectivity index (χ3v) is 2.79. The van der Waals surface area contributed by atoms with E-state index in [0.29, 0.717) is 5.41 Å². The van der Waals surface area contributed by atoms with E-state index in [1.165, 1.54) is 6.42 Å². The Morgan fingerprint density at radius 3 is 2.87 bits per heavy atom. The maximum atomic E-state index is 10.2. The zero-order valence-corrected chi connectivity index (χ0v) is 9.45. The van der Waals surface area contributed by atoms with Crippen molar-refractivity contribution in [3.8, 4) is 0 Å². The molecule has 86 valence electrons. The van der Waals surface area contributed by atoms with Crippen LogP contribution in [-0.2, 0) is 9.63 Å². The zero-order valence-electron chi connectivity index (χ0n) is 9.45. The minimum Gasteiger partial charge on any atom is -0.479 e. The highest BCUT2D eigenvalue weighted by Crippen LogP contribution is 2.32.